The zero-order valence-electron chi connectivity index (χ0n) is 18.0. The molecule has 1 N–H and O–H groups in total. The van der Waals surface area contributed by atoms with Crippen molar-refractivity contribution in [3.63, 3.8) is 0 Å². The van der Waals surface area contributed by atoms with Gasteiger partial charge in [0.2, 0.25) is 0 Å². The van der Waals surface area contributed by atoms with Crippen LogP contribution in [0.3, 0.4) is 0 Å². The predicted octanol–water partition coefficient (Wildman–Crippen LogP) is 4.24. The number of hydrogen-bond acceptors (Lipinski definition) is 4. The summed E-state index contributed by atoms with van der Waals surface area (Å²) in [6.07, 6.45) is 3.52. The van der Waals surface area contributed by atoms with Gasteiger partial charge in [-0.05, 0) is 61.6 Å². The fourth-order valence-electron chi connectivity index (χ4n) is 4.69. The van der Waals surface area contributed by atoms with E-state index in [-0.39, 0.29) is 0 Å². The van der Waals surface area contributed by atoms with E-state index in [2.05, 4.69) is 65.0 Å². The van der Waals surface area contributed by atoms with Crippen LogP contribution >= 0.6 is 0 Å². The lowest BCUT2D eigenvalue weighted by Crippen LogP contribution is -2.40. The van der Waals surface area contributed by atoms with Crippen molar-refractivity contribution in [1.29, 1.82) is 5.26 Å². The van der Waals surface area contributed by atoms with Crippen molar-refractivity contribution in [2.75, 3.05) is 37.6 Å². The summed E-state index contributed by atoms with van der Waals surface area (Å²) in [5.74, 6) is 0.472. The molecule has 0 amide bonds. The molecule has 156 valence electrons. The Hall–Kier alpha value is -2.77. The molecule has 30 heavy (non-hydrogen) atoms. The molecule has 2 aliphatic rings. The van der Waals surface area contributed by atoms with Gasteiger partial charge in [0.15, 0.2) is 0 Å². The van der Waals surface area contributed by atoms with Crippen LogP contribution in [0.5, 0.6) is 0 Å². The third-order valence-corrected chi connectivity index (χ3v) is 6.51. The second kappa shape index (κ2) is 9.36. The molecule has 1 saturated heterocycles. The predicted molar refractivity (Wildman–Crippen MR) is 123 cm³/mol. The van der Waals surface area contributed by atoms with Crippen LogP contribution in [0.4, 0.5) is 5.69 Å². The first-order valence-corrected chi connectivity index (χ1v) is 11.1. The number of nitriles is 1. The molecule has 1 unspecified atom stereocenters. The van der Waals surface area contributed by atoms with Gasteiger partial charge in [0.1, 0.15) is 0 Å². The van der Waals surface area contributed by atoms with E-state index < -0.39 is 0 Å². The molecule has 4 heteroatoms. The Balaban J connectivity index is 1.25. The minimum atomic E-state index is 0.472. The molecule has 0 aromatic heterocycles. The molecule has 2 aliphatic heterocycles. The highest BCUT2D eigenvalue weighted by molar-refractivity contribution is 5.50. The molecular formula is C26H32N4. The first kappa shape index (κ1) is 20.5. The van der Waals surface area contributed by atoms with E-state index in [9.17, 15) is 0 Å². The maximum Gasteiger partial charge on any atom is 0.0991 e. The summed E-state index contributed by atoms with van der Waals surface area (Å²) in [5, 5.41) is 12.6. The summed E-state index contributed by atoms with van der Waals surface area (Å²) in [7, 11) is 0. The number of piperidine rings is 1. The quantitative estimate of drug-likeness (QED) is 0.787. The van der Waals surface area contributed by atoms with Crippen molar-refractivity contribution in [3.05, 3.63) is 77.0 Å². The fourth-order valence-corrected chi connectivity index (χ4v) is 4.69. The van der Waals surface area contributed by atoms with Gasteiger partial charge >= 0.3 is 0 Å². The van der Waals surface area contributed by atoms with Crippen LogP contribution in [-0.4, -0.2) is 37.6 Å². The number of rotatable bonds is 6. The van der Waals surface area contributed by atoms with Gasteiger partial charge in [0.25, 0.3) is 0 Å². The molecule has 2 aromatic rings. The maximum absolute atomic E-state index is 9.00. The Morgan fingerprint density at radius 1 is 1.17 bits per heavy atom. The van der Waals surface area contributed by atoms with E-state index in [1.807, 2.05) is 12.1 Å². The van der Waals surface area contributed by atoms with E-state index in [1.54, 1.807) is 0 Å². The standard InChI is InChI=1S/C26H32N4/c1-20-5-8-25-18-29(14-11-23(25)16-20)15-12-28-21(2)24-4-3-13-30(19-24)26-9-6-22(17-27)7-10-26/h5-10,16,24,28H,2-4,11-15,18-19H2,1H3. The van der Waals surface area contributed by atoms with Gasteiger partial charge in [-0.1, -0.05) is 30.3 Å². The van der Waals surface area contributed by atoms with E-state index in [4.69, 9.17) is 5.26 Å². The number of aryl methyl sites for hydroxylation is 1. The summed E-state index contributed by atoms with van der Waals surface area (Å²) in [6.45, 7) is 12.8. The van der Waals surface area contributed by atoms with E-state index >= 15 is 0 Å². The summed E-state index contributed by atoms with van der Waals surface area (Å²) in [5.41, 5.74) is 7.45. The van der Waals surface area contributed by atoms with E-state index in [1.165, 1.54) is 40.9 Å². The number of fused-ring (bicyclic) bond motifs is 1. The minimum Gasteiger partial charge on any atom is -0.387 e. The van der Waals surface area contributed by atoms with Crippen molar-refractivity contribution in [1.82, 2.24) is 10.2 Å². The molecule has 4 rings (SSSR count). The van der Waals surface area contributed by atoms with Gasteiger partial charge in [-0.15, -0.1) is 0 Å². The van der Waals surface area contributed by atoms with Crippen molar-refractivity contribution >= 4 is 5.69 Å². The Bertz CT molecular complexity index is 925. The Morgan fingerprint density at radius 3 is 2.80 bits per heavy atom. The van der Waals surface area contributed by atoms with Crippen molar-refractivity contribution in [2.45, 2.75) is 32.7 Å². The number of nitrogens with one attached hydrogen (secondary N) is 1. The molecule has 0 saturated carbocycles. The average molecular weight is 401 g/mol. The molecule has 4 nitrogen and oxygen atoms in total. The number of benzene rings is 2. The second-order valence-electron chi connectivity index (χ2n) is 8.69. The number of nitrogens with zero attached hydrogens (tertiary/aromatic N) is 3. The van der Waals surface area contributed by atoms with Crippen molar-refractivity contribution < 1.29 is 0 Å². The molecule has 0 bridgehead atoms. The molecule has 1 atom stereocenters. The van der Waals surface area contributed by atoms with Crippen LogP contribution in [0.2, 0.25) is 0 Å². The Morgan fingerprint density at radius 2 is 2.00 bits per heavy atom. The van der Waals surface area contributed by atoms with Gasteiger partial charge in [0.05, 0.1) is 11.6 Å². The zero-order chi connectivity index (χ0) is 20.9. The molecular weight excluding hydrogens is 368 g/mol. The monoisotopic (exact) mass is 400 g/mol. The van der Waals surface area contributed by atoms with E-state index in [0.717, 1.165) is 45.7 Å². The van der Waals surface area contributed by atoms with Crippen LogP contribution < -0.4 is 10.2 Å². The highest BCUT2D eigenvalue weighted by Gasteiger charge is 2.23. The zero-order valence-corrected chi connectivity index (χ0v) is 18.0. The lowest BCUT2D eigenvalue weighted by molar-refractivity contribution is 0.255. The smallest absolute Gasteiger partial charge is 0.0991 e. The molecule has 0 spiro atoms. The van der Waals surface area contributed by atoms with Gasteiger partial charge in [0, 0.05) is 56.6 Å². The van der Waals surface area contributed by atoms with Crippen LogP contribution in [0.25, 0.3) is 0 Å². The lowest BCUT2D eigenvalue weighted by Gasteiger charge is -2.36. The fraction of sp³-hybridized carbons (Fsp3) is 0.423. The lowest BCUT2D eigenvalue weighted by atomic mass is 9.94. The molecule has 2 heterocycles. The van der Waals surface area contributed by atoms with E-state index in [0.29, 0.717) is 11.5 Å². The van der Waals surface area contributed by atoms with Crippen molar-refractivity contribution in [3.8, 4) is 6.07 Å². The molecule has 2 aromatic carbocycles. The first-order valence-electron chi connectivity index (χ1n) is 11.1. The largest absolute Gasteiger partial charge is 0.387 e. The minimum absolute atomic E-state index is 0.472. The van der Waals surface area contributed by atoms with Crippen LogP contribution in [-0.2, 0) is 13.0 Å². The second-order valence-corrected chi connectivity index (χ2v) is 8.69. The van der Waals surface area contributed by atoms with Crippen molar-refractivity contribution in [2.24, 2.45) is 5.92 Å². The highest BCUT2D eigenvalue weighted by atomic mass is 15.2. The van der Waals surface area contributed by atoms with Gasteiger partial charge < -0.3 is 10.2 Å². The van der Waals surface area contributed by atoms with Gasteiger partial charge in [-0.3, -0.25) is 4.90 Å². The SMILES string of the molecule is C=C(NCCN1CCc2cc(C)ccc2C1)C1CCCN(c2ccc(C#N)cc2)C1. The molecule has 1 fully saturated rings. The first-order chi connectivity index (χ1) is 14.6. The topological polar surface area (TPSA) is 42.3 Å². The van der Waals surface area contributed by atoms with Crippen LogP contribution in [0, 0.1) is 24.2 Å². The summed E-state index contributed by atoms with van der Waals surface area (Å²) >= 11 is 0. The number of hydrogen-bond donors (Lipinski definition) is 1. The molecule has 0 aliphatic carbocycles. The third-order valence-electron chi connectivity index (χ3n) is 6.51. The average Bonchev–Trinajstić information content (AvgIpc) is 2.79. The summed E-state index contributed by atoms with van der Waals surface area (Å²) in [6, 6.07) is 17.0. The van der Waals surface area contributed by atoms with Crippen LogP contribution in [0.1, 0.15) is 35.1 Å². The number of anilines is 1. The maximum atomic E-state index is 9.00. The summed E-state index contributed by atoms with van der Waals surface area (Å²) in [4.78, 5) is 4.97. The normalized spacial score (nSPS) is 19.1. The van der Waals surface area contributed by atoms with Gasteiger partial charge in [-0.25, -0.2) is 0 Å². The third kappa shape index (κ3) is 4.86. The van der Waals surface area contributed by atoms with Crippen LogP contribution in [0.15, 0.2) is 54.7 Å². The van der Waals surface area contributed by atoms with Gasteiger partial charge in [-0.2, -0.15) is 5.26 Å². The Labute approximate surface area is 180 Å². The summed E-state index contributed by atoms with van der Waals surface area (Å²) < 4.78 is 0. The molecule has 0 radical (unpaired) electrons. The highest BCUT2D eigenvalue weighted by Crippen LogP contribution is 2.26. The Kier molecular flexibility index (Phi) is 6.40.